The molecule has 3 amide bonds. The third-order valence-corrected chi connectivity index (χ3v) is 6.08. The minimum absolute atomic E-state index is 0.291. The van der Waals surface area contributed by atoms with Gasteiger partial charge in [-0.15, -0.1) is 11.8 Å². The fourth-order valence-corrected chi connectivity index (χ4v) is 4.58. The Morgan fingerprint density at radius 1 is 1.12 bits per heavy atom. The molecular weight excluding hydrogens is 440 g/mol. The first-order valence-corrected chi connectivity index (χ1v) is 10.00. The summed E-state index contributed by atoms with van der Waals surface area (Å²) >= 11 is 11.0. The molecule has 0 unspecified atom stereocenters. The van der Waals surface area contributed by atoms with E-state index in [0.29, 0.717) is 27.2 Å². The first-order valence-electron chi connectivity index (χ1n) is 7.84. The number of carbonyl (C=O) groups is 3. The van der Waals surface area contributed by atoms with Crippen molar-refractivity contribution >= 4 is 62.7 Å². The monoisotopic (exact) mass is 450 g/mol. The van der Waals surface area contributed by atoms with Gasteiger partial charge in [0.2, 0.25) is 5.91 Å². The number of hydrogen-bond acceptors (Lipinski definition) is 4. The number of imide groups is 1. The van der Waals surface area contributed by atoms with Crippen LogP contribution in [0.5, 0.6) is 0 Å². The molecule has 0 aliphatic carbocycles. The summed E-state index contributed by atoms with van der Waals surface area (Å²) in [7, 11) is 0. The summed E-state index contributed by atoms with van der Waals surface area (Å²) in [5.74, 6) is -0.446. The van der Waals surface area contributed by atoms with E-state index in [4.69, 9.17) is 11.6 Å². The molecule has 5 nitrogen and oxygen atoms in total. The summed E-state index contributed by atoms with van der Waals surface area (Å²) in [4.78, 5) is 41.5. The normalized spacial score (nSPS) is 15.9. The second kappa shape index (κ2) is 6.72. The van der Waals surface area contributed by atoms with Crippen molar-refractivity contribution in [2.45, 2.75) is 4.90 Å². The van der Waals surface area contributed by atoms with Crippen LogP contribution in [-0.2, 0) is 4.79 Å². The molecule has 2 aliphatic rings. The Hall–Kier alpha value is -1.83. The van der Waals surface area contributed by atoms with Crippen LogP contribution < -0.4 is 4.90 Å². The van der Waals surface area contributed by atoms with Crippen LogP contribution in [0.2, 0.25) is 5.02 Å². The van der Waals surface area contributed by atoms with Crippen LogP contribution in [0.4, 0.5) is 5.69 Å². The first kappa shape index (κ1) is 17.6. The van der Waals surface area contributed by atoms with Crippen molar-refractivity contribution in [3.63, 3.8) is 0 Å². The lowest BCUT2D eigenvalue weighted by Crippen LogP contribution is -2.44. The average molecular weight is 452 g/mol. The molecule has 8 heteroatoms. The van der Waals surface area contributed by atoms with Gasteiger partial charge in [0.25, 0.3) is 11.8 Å². The van der Waals surface area contributed by atoms with Crippen molar-refractivity contribution < 1.29 is 14.4 Å². The molecule has 2 aliphatic heterocycles. The maximum Gasteiger partial charge on any atom is 0.262 e. The van der Waals surface area contributed by atoms with Crippen LogP contribution in [0.3, 0.4) is 0 Å². The van der Waals surface area contributed by atoms with Gasteiger partial charge in [-0.2, -0.15) is 0 Å². The highest BCUT2D eigenvalue weighted by Crippen LogP contribution is 2.37. The zero-order valence-electron chi connectivity index (χ0n) is 13.4. The van der Waals surface area contributed by atoms with Gasteiger partial charge in [-0.25, -0.2) is 0 Å². The number of fused-ring (bicyclic) bond motifs is 2. The molecule has 0 bridgehead atoms. The molecule has 26 heavy (non-hydrogen) atoms. The first-order chi connectivity index (χ1) is 12.5. The van der Waals surface area contributed by atoms with Crippen LogP contribution in [-0.4, -0.2) is 41.5 Å². The van der Waals surface area contributed by atoms with Crippen molar-refractivity contribution in [3.8, 4) is 0 Å². The molecular formula is C18H12BrClN2O3S. The van der Waals surface area contributed by atoms with Gasteiger partial charge in [-0.05, 0) is 36.4 Å². The molecule has 0 saturated heterocycles. The SMILES string of the molecule is O=C1c2ccc(Br)cc2C(=O)N1CC(=O)N1CCSc2ccc(Cl)cc21. The molecule has 2 aromatic carbocycles. The molecule has 0 aromatic heterocycles. The van der Waals surface area contributed by atoms with E-state index in [1.807, 2.05) is 6.07 Å². The highest BCUT2D eigenvalue weighted by atomic mass is 79.9. The molecule has 0 radical (unpaired) electrons. The van der Waals surface area contributed by atoms with Gasteiger partial charge in [0.05, 0.1) is 16.8 Å². The molecule has 2 aromatic rings. The maximum atomic E-state index is 12.9. The van der Waals surface area contributed by atoms with Gasteiger partial charge < -0.3 is 4.90 Å². The van der Waals surface area contributed by atoms with Crippen LogP contribution in [0.15, 0.2) is 45.8 Å². The molecule has 0 atom stereocenters. The van der Waals surface area contributed by atoms with Crippen LogP contribution >= 0.6 is 39.3 Å². The lowest BCUT2D eigenvalue weighted by Gasteiger charge is -2.30. The minimum atomic E-state index is -0.447. The number of carbonyl (C=O) groups excluding carboxylic acids is 3. The largest absolute Gasteiger partial charge is 0.309 e. The standard InChI is InChI=1S/C18H12BrClN2O3S/c19-10-1-3-12-13(7-10)18(25)22(17(12)24)9-16(23)21-5-6-26-15-4-2-11(20)8-14(15)21/h1-4,7-8H,5-6,9H2. The summed E-state index contributed by atoms with van der Waals surface area (Å²) in [6.45, 7) is 0.214. The van der Waals surface area contributed by atoms with Crippen LogP contribution in [0.25, 0.3) is 0 Å². The Bertz CT molecular complexity index is 965. The van der Waals surface area contributed by atoms with Crippen molar-refractivity contribution in [1.82, 2.24) is 4.90 Å². The average Bonchev–Trinajstić information content (AvgIpc) is 2.85. The summed E-state index contributed by atoms with van der Waals surface area (Å²) in [5.41, 5.74) is 1.36. The Morgan fingerprint density at radius 2 is 1.88 bits per heavy atom. The van der Waals surface area contributed by atoms with E-state index in [0.717, 1.165) is 21.2 Å². The third kappa shape index (κ3) is 2.94. The number of halogens is 2. The van der Waals surface area contributed by atoms with Crippen molar-refractivity contribution in [1.29, 1.82) is 0 Å². The number of anilines is 1. The van der Waals surface area contributed by atoms with Crippen LogP contribution in [0, 0.1) is 0 Å². The molecule has 2 heterocycles. The predicted molar refractivity (Wildman–Crippen MR) is 104 cm³/mol. The fraction of sp³-hybridized carbons (Fsp3) is 0.167. The van der Waals surface area contributed by atoms with Gasteiger partial charge in [-0.3, -0.25) is 19.3 Å². The van der Waals surface area contributed by atoms with Crippen molar-refractivity contribution in [3.05, 3.63) is 57.0 Å². The van der Waals surface area contributed by atoms with E-state index in [-0.39, 0.29) is 12.5 Å². The Labute approximate surface area is 167 Å². The lowest BCUT2D eigenvalue weighted by molar-refractivity contribution is -0.118. The highest BCUT2D eigenvalue weighted by Gasteiger charge is 2.38. The van der Waals surface area contributed by atoms with Crippen molar-refractivity contribution in [2.24, 2.45) is 0 Å². The van der Waals surface area contributed by atoms with E-state index in [9.17, 15) is 14.4 Å². The summed E-state index contributed by atoms with van der Waals surface area (Å²) < 4.78 is 0.710. The second-order valence-electron chi connectivity index (χ2n) is 5.89. The number of rotatable bonds is 2. The van der Waals surface area contributed by atoms with Gasteiger partial charge in [0.15, 0.2) is 0 Å². The quantitative estimate of drug-likeness (QED) is 0.651. The zero-order chi connectivity index (χ0) is 18.4. The molecule has 0 N–H and O–H groups in total. The molecule has 0 spiro atoms. The number of amides is 3. The van der Waals surface area contributed by atoms with E-state index < -0.39 is 11.8 Å². The molecule has 4 rings (SSSR count). The predicted octanol–water partition coefficient (Wildman–Crippen LogP) is 3.84. The van der Waals surface area contributed by atoms with Crippen molar-refractivity contribution in [2.75, 3.05) is 23.7 Å². The van der Waals surface area contributed by atoms with E-state index in [1.54, 1.807) is 47.0 Å². The number of thioether (sulfide) groups is 1. The van der Waals surface area contributed by atoms with E-state index >= 15 is 0 Å². The van der Waals surface area contributed by atoms with Gasteiger partial charge in [-0.1, -0.05) is 27.5 Å². The second-order valence-corrected chi connectivity index (χ2v) is 8.38. The summed E-state index contributed by atoms with van der Waals surface area (Å²) in [5, 5.41) is 0.537. The Morgan fingerprint density at radius 3 is 2.69 bits per heavy atom. The smallest absolute Gasteiger partial charge is 0.262 e. The fourth-order valence-electron chi connectivity index (χ4n) is 3.08. The topological polar surface area (TPSA) is 57.7 Å². The highest BCUT2D eigenvalue weighted by molar-refractivity contribution is 9.10. The Balaban J connectivity index is 1.60. The van der Waals surface area contributed by atoms with Crippen LogP contribution in [0.1, 0.15) is 20.7 Å². The maximum absolute atomic E-state index is 12.9. The summed E-state index contributed by atoms with van der Waals surface area (Å²) in [6, 6.07) is 10.3. The molecule has 132 valence electrons. The summed E-state index contributed by atoms with van der Waals surface area (Å²) in [6.07, 6.45) is 0. The van der Waals surface area contributed by atoms with E-state index in [1.165, 1.54) is 0 Å². The van der Waals surface area contributed by atoms with Gasteiger partial charge in [0.1, 0.15) is 6.54 Å². The zero-order valence-corrected chi connectivity index (χ0v) is 16.5. The van der Waals surface area contributed by atoms with E-state index in [2.05, 4.69) is 15.9 Å². The van der Waals surface area contributed by atoms with Gasteiger partial charge >= 0.3 is 0 Å². The number of nitrogens with zero attached hydrogens (tertiary/aromatic N) is 2. The number of hydrogen-bond donors (Lipinski definition) is 0. The minimum Gasteiger partial charge on any atom is -0.309 e. The van der Waals surface area contributed by atoms with Gasteiger partial charge in [0, 0.05) is 26.7 Å². The molecule has 0 saturated carbocycles. The molecule has 0 fully saturated rings. The third-order valence-electron chi connectivity index (χ3n) is 4.31. The number of benzene rings is 2. The Kier molecular flexibility index (Phi) is 4.54. The lowest BCUT2D eigenvalue weighted by atomic mass is 10.1.